The van der Waals surface area contributed by atoms with E-state index in [1.807, 2.05) is 0 Å². The molecule has 0 aromatic heterocycles. The van der Waals surface area contributed by atoms with Crippen molar-refractivity contribution in [2.45, 2.75) is 12.5 Å². The molecule has 0 spiro atoms. The first-order chi connectivity index (χ1) is 4.74. The fraction of sp³-hybridized carbons (Fsp3) is 0.429. The lowest BCUT2D eigenvalue weighted by Gasteiger charge is -2.15. The Labute approximate surface area is 62.5 Å². The minimum Gasteiger partial charge on any atom is -0.512 e. The number of allylic oxidation sites excluding steroid dienone is 2. The van der Waals surface area contributed by atoms with Gasteiger partial charge in [0, 0.05) is 6.42 Å². The van der Waals surface area contributed by atoms with Crippen LogP contribution >= 0.6 is 9.24 Å². The first kappa shape index (κ1) is 7.77. The van der Waals surface area contributed by atoms with Crippen LogP contribution in [0.1, 0.15) is 6.42 Å². The average Bonchev–Trinajstić information content (AvgIpc) is 1.88. The number of hydrogen-bond acceptors (Lipinski definition) is 2. The van der Waals surface area contributed by atoms with E-state index in [4.69, 9.17) is 5.11 Å². The highest BCUT2D eigenvalue weighted by atomic mass is 31.0. The number of aliphatic hydroxyl groups is 2. The maximum Gasteiger partial charge on any atom is 0.0951 e. The standard InChI is InChI=1S/C7H11O2P/c8-6-2-1-5(4-10)7(9)3-6/h1-2,7-9H,3-4,10H2. The van der Waals surface area contributed by atoms with Crippen molar-refractivity contribution >= 4 is 9.24 Å². The summed E-state index contributed by atoms with van der Waals surface area (Å²) in [6, 6.07) is 0. The van der Waals surface area contributed by atoms with E-state index in [2.05, 4.69) is 9.24 Å². The van der Waals surface area contributed by atoms with Gasteiger partial charge in [-0.15, -0.1) is 9.24 Å². The van der Waals surface area contributed by atoms with Crippen molar-refractivity contribution in [3.63, 3.8) is 0 Å². The monoisotopic (exact) mass is 158 g/mol. The molecule has 10 heavy (non-hydrogen) atoms. The van der Waals surface area contributed by atoms with Crippen LogP contribution in [0.3, 0.4) is 0 Å². The molecule has 2 N–H and O–H groups in total. The lowest BCUT2D eigenvalue weighted by atomic mass is 10.0. The third-order valence-corrected chi connectivity index (χ3v) is 2.03. The summed E-state index contributed by atoms with van der Waals surface area (Å²) in [6.07, 6.45) is 4.04. The molecule has 0 bridgehead atoms. The van der Waals surface area contributed by atoms with E-state index in [-0.39, 0.29) is 5.76 Å². The highest BCUT2D eigenvalue weighted by Crippen LogP contribution is 2.18. The van der Waals surface area contributed by atoms with Crippen molar-refractivity contribution in [1.29, 1.82) is 0 Å². The van der Waals surface area contributed by atoms with Crippen molar-refractivity contribution in [2.75, 3.05) is 6.16 Å². The second-order valence-electron chi connectivity index (χ2n) is 2.32. The second kappa shape index (κ2) is 3.18. The Bertz CT molecular complexity index is 184. The van der Waals surface area contributed by atoms with Crippen LogP contribution < -0.4 is 0 Å². The third-order valence-electron chi connectivity index (χ3n) is 1.56. The molecule has 0 amide bonds. The third kappa shape index (κ3) is 1.59. The fourth-order valence-corrected chi connectivity index (χ4v) is 1.32. The Morgan fingerprint density at radius 1 is 1.60 bits per heavy atom. The molecule has 0 saturated heterocycles. The molecule has 3 heteroatoms. The van der Waals surface area contributed by atoms with Gasteiger partial charge in [-0.05, 0) is 17.8 Å². The van der Waals surface area contributed by atoms with Crippen molar-refractivity contribution in [2.24, 2.45) is 0 Å². The van der Waals surface area contributed by atoms with Gasteiger partial charge in [0.15, 0.2) is 0 Å². The minimum absolute atomic E-state index is 0.259. The molecule has 0 fully saturated rings. The van der Waals surface area contributed by atoms with E-state index < -0.39 is 6.10 Å². The predicted molar refractivity (Wildman–Crippen MR) is 44.0 cm³/mol. The van der Waals surface area contributed by atoms with Crippen LogP contribution in [0.25, 0.3) is 0 Å². The van der Waals surface area contributed by atoms with Crippen LogP contribution in [0.5, 0.6) is 0 Å². The van der Waals surface area contributed by atoms with E-state index >= 15 is 0 Å². The zero-order valence-electron chi connectivity index (χ0n) is 5.62. The summed E-state index contributed by atoms with van der Waals surface area (Å²) in [6.45, 7) is 0. The summed E-state index contributed by atoms with van der Waals surface area (Å²) in [5.74, 6) is 0.259. The maximum atomic E-state index is 9.26. The van der Waals surface area contributed by atoms with Gasteiger partial charge in [-0.25, -0.2) is 0 Å². The van der Waals surface area contributed by atoms with Gasteiger partial charge in [-0.3, -0.25) is 0 Å². The van der Waals surface area contributed by atoms with Crippen LogP contribution in [0.2, 0.25) is 0 Å². The smallest absolute Gasteiger partial charge is 0.0951 e. The van der Waals surface area contributed by atoms with E-state index in [1.165, 1.54) is 0 Å². The van der Waals surface area contributed by atoms with Crippen molar-refractivity contribution in [3.8, 4) is 0 Å². The molecule has 0 heterocycles. The Hall–Kier alpha value is -0.330. The molecule has 2 atom stereocenters. The summed E-state index contributed by atoms with van der Waals surface area (Å²) in [5.41, 5.74) is 0.961. The Kier molecular flexibility index (Phi) is 2.47. The van der Waals surface area contributed by atoms with Gasteiger partial charge in [0.05, 0.1) is 11.9 Å². The quantitative estimate of drug-likeness (QED) is 0.559. The number of rotatable bonds is 1. The predicted octanol–water partition coefficient (Wildman–Crippen LogP) is 0.994. The fourth-order valence-electron chi connectivity index (χ4n) is 0.916. The van der Waals surface area contributed by atoms with E-state index in [0.717, 1.165) is 11.7 Å². The van der Waals surface area contributed by atoms with Crippen LogP contribution in [0.15, 0.2) is 23.5 Å². The molecule has 56 valence electrons. The van der Waals surface area contributed by atoms with Gasteiger partial charge < -0.3 is 10.2 Å². The zero-order chi connectivity index (χ0) is 7.56. The molecular formula is C7H11O2P. The molecule has 0 aliphatic heterocycles. The SMILES string of the molecule is OC1=CC=C(CP)C(O)C1. The molecular weight excluding hydrogens is 147 g/mol. The van der Waals surface area contributed by atoms with E-state index in [9.17, 15) is 5.11 Å². The molecule has 0 radical (unpaired) electrons. The first-order valence-corrected chi connectivity index (χ1v) is 4.02. The van der Waals surface area contributed by atoms with Gasteiger partial charge in [0.25, 0.3) is 0 Å². The van der Waals surface area contributed by atoms with Gasteiger partial charge in [-0.2, -0.15) is 0 Å². The highest BCUT2D eigenvalue weighted by Gasteiger charge is 2.13. The molecule has 0 aromatic rings. The van der Waals surface area contributed by atoms with E-state index in [1.54, 1.807) is 12.2 Å². The Morgan fingerprint density at radius 2 is 2.30 bits per heavy atom. The topological polar surface area (TPSA) is 40.5 Å². The normalized spacial score (nSPS) is 25.6. The van der Waals surface area contributed by atoms with Gasteiger partial charge >= 0.3 is 0 Å². The van der Waals surface area contributed by atoms with E-state index in [0.29, 0.717) is 6.42 Å². The van der Waals surface area contributed by atoms with Crippen LogP contribution in [-0.2, 0) is 0 Å². The first-order valence-electron chi connectivity index (χ1n) is 3.20. The number of hydrogen-bond donors (Lipinski definition) is 2. The molecule has 0 saturated carbocycles. The molecule has 2 nitrogen and oxygen atoms in total. The van der Waals surface area contributed by atoms with Crippen LogP contribution in [0, 0.1) is 0 Å². The largest absolute Gasteiger partial charge is 0.512 e. The van der Waals surface area contributed by atoms with Crippen molar-refractivity contribution in [1.82, 2.24) is 0 Å². The second-order valence-corrected chi connectivity index (χ2v) is 2.73. The summed E-state index contributed by atoms with van der Waals surface area (Å²) >= 11 is 0. The summed E-state index contributed by atoms with van der Waals surface area (Å²) in [5, 5.41) is 18.2. The van der Waals surface area contributed by atoms with Gasteiger partial charge in [0.2, 0.25) is 0 Å². The average molecular weight is 158 g/mol. The Balaban J connectivity index is 2.71. The van der Waals surface area contributed by atoms with Gasteiger partial charge in [-0.1, -0.05) is 6.08 Å². The minimum atomic E-state index is -0.484. The summed E-state index contributed by atoms with van der Waals surface area (Å²) < 4.78 is 0. The molecule has 1 aliphatic carbocycles. The maximum absolute atomic E-state index is 9.26. The zero-order valence-corrected chi connectivity index (χ0v) is 6.77. The lowest BCUT2D eigenvalue weighted by Crippen LogP contribution is -2.14. The molecule has 1 rings (SSSR count). The van der Waals surface area contributed by atoms with Crippen molar-refractivity contribution < 1.29 is 10.2 Å². The van der Waals surface area contributed by atoms with Gasteiger partial charge in [0.1, 0.15) is 0 Å². The summed E-state index contributed by atoms with van der Waals surface area (Å²) in [4.78, 5) is 0. The lowest BCUT2D eigenvalue weighted by molar-refractivity contribution is 0.189. The highest BCUT2D eigenvalue weighted by molar-refractivity contribution is 7.16. The van der Waals surface area contributed by atoms with Crippen LogP contribution in [0.4, 0.5) is 0 Å². The van der Waals surface area contributed by atoms with Crippen molar-refractivity contribution in [3.05, 3.63) is 23.5 Å². The summed E-state index contributed by atoms with van der Waals surface area (Å²) in [7, 11) is 2.54. The molecule has 1 aliphatic rings. The molecule has 2 unspecified atom stereocenters. The molecule has 0 aromatic carbocycles. The van der Waals surface area contributed by atoms with Crippen LogP contribution in [-0.4, -0.2) is 22.5 Å². The number of aliphatic hydroxyl groups excluding tert-OH is 2. The Morgan fingerprint density at radius 3 is 2.80 bits per heavy atom.